The van der Waals surface area contributed by atoms with Crippen LogP contribution < -0.4 is 5.32 Å². The molecular weight excluding hydrogens is 224 g/mol. The van der Waals surface area contributed by atoms with E-state index < -0.39 is 0 Å². The third-order valence-corrected chi connectivity index (χ3v) is 3.47. The molecule has 1 unspecified atom stereocenters. The first-order valence-electron chi connectivity index (χ1n) is 6.59. The summed E-state index contributed by atoms with van der Waals surface area (Å²) in [6.07, 6.45) is 1.77. The molecule has 1 aromatic carbocycles. The average molecular weight is 246 g/mol. The number of anilines is 1. The third kappa shape index (κ3) is 3.57. The lowest BCUT2D eigenvalue weighted by Crippen LogP contribution is -2.19. The van der Waals surface area contributed by atoms with Gasteiger partial charge in [-0.1, -0.05) is 6.07 Å². The van der Waals surface area contributed by atoms with Crippen LogP contribution in [0, 0.1) is 19.8 Å². The maximum atomic E-state index is 12.0. The first kappa shape index (κ1) is 13.1. The van der Waals surface area contributed by atoms with Crippen LogP contribution in [0.15, 0.2) is 18.2 Å². The van der Waals surface area contributed by atoms with Crippen molar-refractivity contribution in [2.75, 3.05) is 25.5 Å². The number of carbonyl (C=O) groups excluding carboxylic acids is 1. The molecule has 1 aromatic rings. The molecule has 3 heteroatoms. The van der Waals surface area contributed by atoms with Crippen LogP contribution >= 0.6 is 0 Å². The molecule has 1 N–H and O–H groups in total. The minimum absolute atomic E-state index is 0.139. The van der Waals surface area contributed by atoms with Gasteiger partial charge < -0.3 is 10.2 Å². The van der Waals surface area contributed by atoms with Gasteiger partial charge in [0.1, 0.15) is 0 Å². The average Bonchev–Trinajstić information content (AvgIpc) is 2.61. The molecule has 0 aliphatic carbocycles. The van der Waals surface area contributed by atoms with Crippen LogP contribution in [-0.4, -0.2) is 30.9 Å². The van der Waals surface area contributed by atoms with Crippen molar-refractivity contribution in [3.05, 3.63) is 29.3 Å². The first-order chi connectivity index (χ1) is 8.52. The number of hydrogen-bond donors (Lipinski definition) is 1. The van der Waals surface area contributed by atoms with Crippen molar-refractivity contribution < 1.29 is 4.79 Å². The molecule has 2 rings (SSSR count). The van der Waals surface area contributed by atoms with Gasteiger partial charge in [0.2, 0.25) is 5.91 Å². The molecule has 1 saturated heterocycles. The van der Waals surface area contributed by atoms with Crippen LogP contribution in [0.2, 0.25) is 0 Å². The zero-order chi connectivity index (χ0) is 13.1. The lowest BCUT2D eigenvalue weighted by molar-refractivity contribution is -0.117. The molecule has 0 bridgehead atoms. The van der Waals surface area contributed by atoms with Gasteiger partial charge in [0.15, 0.2) is 0 Å². The van der Waals surface area contributed by atoms with E-state index >= 15 is 0 Å². The van der Waals surface area contributed by atoms with E-state index in [2.05, 4.69) is 37.2 Å². The van der Waals surface area contributed by atoms with E-state index in [1.807, 2.05) is 12.1 Å². The Morgan fingerprint density at radius 2 is 2.00 bits per heavy atom. The van der Waals surface area contributed by atoms with Gasteiger partial charge in [0.05, 0.1) is 0 Å². The molecule has 1 amide bonds. The minimum Gasteiger partial charge on any atom is -0.326 e. The van der Waals surface area contributed by atoms with Crippen LogP contribution in [0.4, 0.5) is 5.69 Å². The van der Waals surface area contributed by atoms with E-state index in [4.69, 9.17) is 0 Å². The number of benzene rings is 1. The Morgan fingerprint density at radius 3 is 2.56 bits per heavy atom. The summed E-state index contributed by atoms with van der Waals surface area (Å²) >= 11 is 0. The van der Waals surface area contributed by atoms with Crippen molar-refractivity contribution in [1.29, 1.82) is 0 Å². The molecule has 1 atom stereocenters. The normalized spacial score (nSPS) is 20.1. The summed E-state index contributed by atoms with van der Waals surface area (Å²) in [4.78, 5) is 14.3. The van der Waals surface area contributed by atoms with Crippen LogP contribution in [0.5, 0.6) is 0 Å². The molecule has 1 aliphatic heterocycles. The van der Waals surface area contributed by atoms with Crippen molar-refractivity contribution >= 4 is 11.6 Å². The van der Waals surface area contributed by atoms with E-state index in [0.29, 0.717) is 12.3 Å². The fourth-order valence-corrected chi connectivity index (χ4v) is 2.71. The number of carbonyl (C=O) groups is 1. The van der Waals surface area contributed by atoms with Crippen LogP contribution in [-0.2, 0) is 4.79 Å². The van der Waals surface area contributed by atoms with Crippen molar-refractivity contribution in [2.24, 2.45) is 5.92 Å². The molecule has 0 saturated carbocycles. The Balaban J connectivity index is 1.90. The number of hydrogen-bond acceptors (Lipinski definition) is 2. The summed E-state index contributed by atoms with van der Waals surface area (Å²) in [5.41, 5.74) is 3.29. The maximum absolute atomic E-state index is 12.0. The summed E-state index contributed by atoms with van der Waals surface area (Å²) < 4.78 is 0. The Hall–Kier alpha value is -1.35. The van der Waals surface area contributed by atoms with Gasteiger partial charge in [-0.15, -0.1) is 0 Å². The Morgan fingerprint density at radius 1 is 1.33 bits per heavy atom. The minimum atomic E-state index is 0.139. The molecular formula is C15H22N2O. The SMILES string of the molecule is Cc1cc(C)cc(NC(=O)CC2CCN(C)C2)c1. The monoisotopic (exact) mass is 246 g/mol. The van der Waals surface area contributed by atoms with E-state index in [0.717, 1.165) is 25.2 Å². The van der Waals surface area contributed by atoms with Gasteiger partial charge in [-0.3, -0.25) is 4.79 Å². The summed E-state index contributed by atoms with van der Waals surface area (Å²) in [5, 5.41) is 3.01. The van der Waals surface area contributed by atoms with Gasteiger partial charge in [-0.25, -0.2) is 0 Å². The Bertz CT molecular complexity index is 422. The zero-order valence-corrected chi connectivity index (χ0v) is 11.5. The van der Waals surface area contributed by atoms with Crippen molar-refractivity contribution in [3.63, 3.8) is 0 Å². The highest BCUT2D eigenvalue weighted by molar-refractivity contribution is 5.91. The smallest absolute Gasteiger partial charge is 0.224 e. The number of nitrogens with zero attached hydrogens (tertiary/aromatic N) is 1. The summed E-state index contributed by atoms with van der Waals surface area (Å²) in [6.45, 7) is 6.25. The molecule has 3 nitrogen and oxygen atoms in total. The van der Waals surface area contributed by atoms with Gasteiger partial charge in [0.25, 0.3) is 0 Å². The predicted molar refractivity (Wildman–Crippen MR) is 74.8 cm³/mol. The van der Waals surface area contributed by atoms with Gasteiger partial charge >= 0.3 is 0 Å². The molecule has 1 fully saturated rings. The van der Waals surface area contributed by atoms with E-state index in [1.165, 1.54) is 11.1 Å². The molecule has 0 aromatic heterocycles. The largest absolute Gasteiger partial charge is 0.326 e. The molecule has 1 aliphatic rings. The van der Waals surface area contributed by atoms with Crippen molar-refractivity contribution in [2.45, 2.75) is 26.7 Å². The fourth-order valence-electron chi connectivity index (χ4n) is 2.71. The molecule has 1 heterocycles. The topological polar surface area (TPSA) is 32.3 Å². The number of amides is 1. The van der Waals surface area contributed by atoms with E-state index in [1.54, 1.807) is 0 Å². The van der Waals surface area contributed by atoms with Gasteiger partial charge in [-0.05, 0) is 63.0 Å². The van der Waals surface area contributed by atoms with Gasteiger partial charge in [-0.2, -0.15) is 0 Å². The summed E-state index contributed by atoms with van der Waals surface area (Å²) in [6, 6.07) is 6.15. The fraction of sp³-hybridized carbons (Fsp3) is 0.533. The summed E-state index contributed by atoms with van der Waals surface area (Å²) in [7, 11) is 2.11. The quantitative estimate of drug-likeness (QED) is 0.889. The number of rotatable bonds is 3. The lowest BCUT2D eigenvalue weighted by Gasteiger charge is -2.11. The van der Waals surface area contributed by atoms with E-state index in [9.17, 15) is 4.79 Å². The Kier molecular flexibility index (Phi) is 4.02. The number of aryl methyl sites for hydroxylation is 2. The van der Waals surface area contributed by atoms with Crippen molar-refractivity contribution in [3.8, 4) is 0 Å². The number of likely N-dealkylation sites (tertiary alicyclic amines) is 1. The van der Waals surface area contributed by atoms with Crippen LogP contribution in [0.1, 0.15) is 24.0 Å². The highest BCUT2D eigenvalue weighted by Gasteiger charge is 2.21. The second kappa shape index (κ2) is 5.53. The second-order valence-corrected chi connectivity index (χ2v) is 5.55. The molecule has 98 valence electrons. The van der Waals surface area contributed by atoms with Crippen LogP contribution in [0.25, 0.3) is 0 Å². The maximum Gasteiger partial charge on any atom is 0.224 e. The van der Waals surface area contributed by atoms with E-state index in [-0.39, 0.29) is 5.91 Å². The molecule has 0 radical (unpaired) electrons. The highest BCUT2D eigenvalue weighted by atomic mass is 16.1. The van der Waals surface area contributed by atoms with Crippen molar-refractivity contribution in [1.82, 2.24) is 4.90 Å². The second-order valence-electron chi connectivity index (χ2n) is 5.55. The van der Waals surface area contributed by atoms with Crippen LogP contribution in [0.3, 0.4) is 0 Å². The third-order valence-electron chi connectivity index (χ3n) is 3.47. The molecule has 0 spiro atoms. The highest BCUT2D eigenvalue weighted by Crippen LogP contribution is 2.19. The predicted octanol–water partition coefficient (Wildman–Crippen LogP) is 2.58. The van der Waals surface area contributed by atoms with Gasteiger partial charge in [0, 0.05) is 18.7 Å². The summed E-state index contributed by atoms with van der Waals surface area (Å²) in [5.74, 6) is 0.654. The standard InChI is InChI=1S/C15H22N2O/c1-11-6-12(2)8-14(7-11)16-15(18)9-13-4-5-17(3)10-13/h6-8,13H,4-5,9-10H2,1-3H3,(H,16,18). The first-order valence-corrected chi connectivity index (χ1v) is 6.59. The Labute approximate surface area is 109 Å². The number of nitrogens with one attached hydrogen (secondary N) is 1. The zero-order valence-electron chi connectivity index (χ0n) is 11.5. The molecule has 18 heavy (non-hydrogen) atoms. The lowest BCUT2D eigenvalue weighted by atomic mass is 10.0.